The minimum Gasteiger partial charge on any atom is -0.491 e. The van der Waals surface area contributed by atoms with Gasteiger partial charge in [-0.25, -0.2) is 14.6 Å². The van der Waals surface area contributed by atoms with Crippen molar-refractivity contribution in [1.29, 1.82) is 0 Å². The molecule has 0 spiro atoms. The Bertz CT molecular complexity index is 1430. The number of hydrogen-bond acceptors (Lipinski definition) is 9. The standard InChI is InChI=1S/C29H31N3O7/c1-31(2)21-11-12-32-19-26(30-27(32)17-21)20-5-7-22(8-6-20)38-15-13-37-14-16-39-23-9-10-24(28(33)35-3)25(18-23)29(34)36-4/h5-12,17-19H,13-16H2,1-4H3. The van der Waals surface area contributed by atoms with Crippen LogP contribution in [0.2, 0.25) is 0 Å². The van der Waals surface area contributed by atoms with Gasteiger partial charge in [-0.2, -0.15) is 0 Å². The summed E-state index contributed by atoms with van der Waals surface area (Å²) in [5, 5.41) is 0. The Morgan fingerprint density at radius 1 is 0.795 bits per heavy atom. The second-order valence-corrected chi connectivity index (χ2v) is 8.70. The fourth-order valence-corrected chi connectivity index (χ4v) is 3.83. The second-order valence-electron chi connectivity index (χ2n) is 8.70. The molecule has 0 saturated heterocycles. The number of pyridine rings is 1. The van der Waals surface area contributed by atoms with E-state index in [9.17, 15) is 9.59 Å². The molecule has 4 aromatic rings. The van der Waals surface area contributed by atoms with E-state index in [0.29, 0.717) is 25.6 Å². The number of carbonyl (C=O) groups excluding carboxylic acids is 2. The van der Waals surface area contributed by atoms with Crippen molar-refractivity contribution in [2.45, 2.75) is 0 Å². The molecular formula is C29H31N3O7. The summed E-state index contributed by atoms with van der Waals surface area (Å²) in [5.74, 6) is -0.141. The average Bonchev–Trinajstić information content (AvgIpc) is 3.39. The number of carbonyl (C=O) groups is 2. The topological polar surface area (TPSA) is 101 Å². The molecule has 0 aliphatic rings. The molecule has 39 heavy (non-hydrogen) atoms. The van der Waals surface area contributed by atoms with Gasteiger partial charge in [0.2, 0.25) is 0 Å². The predicted molar refractivity (Wildman–Crippen MR) is 146 cm³/mol. The van der Waals surface area contributed by atoms with Gasteiger partial charge in [-0.05, 0) is 48.5 Å². The largest absolute Gasteiger partial charge is 0.491 e. The van der Waals surface area contributed by atoms with Gasteiger partial charge in [-0.1, -0.05) is 0 Å². The first kappa shape index (κ1) is 27.5. The highest BCUT2D eigenvalue weighted by Gasteiger charge is 2.19. The van der Waals surface area contributed by atoms with Crippen molar-refractivity contribution in [3.63, 3.8) is 0 Å². The first-order valence-electron chi connectivity index (χ1n) is 12.3. The fraction of sp³-hybridized carbons (Fsp3) is 0.276. The van der Waals surface area contributed by atoms with Gasteiger partial charge in [0, 0.05) is 43.8 Å². The maximum Gasteiger partial charge on any atom is 0.338 e. The number of benzene rings is 2. The van der Waals surface area contributed by atoms with Gasteiger partial charge >= 0.3 is 11.9 Å². The number of anilines is 1. The first-order chi connectivity index (χ1) is 18.9. The third-order valence-corrected chi connectivity index (χ3v) is 5.90. The number of esters is 2. The molecule has 2 aromatic carbocycles. The normalized spacial score (nSPS) is 10.8. The van der Waals surface area contributed by atoms with E-state index >= 15 is 0 Å². The number of methoxy groups -OCH3 is 2. The Kier molecular flexibility index (Phi) is 9.01. The van der Waals surface area contributed by atoms with Crippen molar-refractivity contribution in [2.24, 2.45) is 0 Å². The van der Waals surface area contributed by atoms with Crippen LogP contribution >= 0.6 is 0 Å². The number of aromatic nitrogens is 2. The van der Waals surface area contributed by atoms with Gasteiger partial charge < -0.3 is 33.0 Å². The predicted octanol–water partition coefficient (Wildman–Crippen LogP) is 4.11. The van der Waals surface area contributed by atoms with Crippen LogP contribution in [0.4, 0.5) is 5.69 Å². The quantitative estimate of drug-likeness (QED) is 0.197. The highest BCUT2D eigenvalue weighted by atomic mass is 16.5. The van der Waals surface area contributed by atoms with E-state index in [-0.39, 0.29) is 17.7 Å². The molecule has 0 N–H and O–H groups in total. The minimum absolute atomic E-state index is 0.0711. The van der Waals surface area contributed by atoms with Crippen LogP contribution in [-0.4, -0.2) is 76.1 Å². The van der Waals surface area contributed by atoms with E-state index in [2.05, 4.69) is 0 Å². The molecule has 0 fully saturated rings. The molecule has 0 aliphatic carbocycles. The zero-order chi connectivity index (χ0) is 27.8. The summed E-state index contributed by atoms with van der Waals surface area (Å²) in [6.45, 7) is 1.32. The van der Waals surface area contributed by atoms with Crippen LogP contribution in [0.25, 0.3) is 16.9 Å². The summed E-state index contributed by atoms with van der Waals surface area (Å²) in [4.78, 5) is 30.6. The van der Waals surface area contributed by atoms with Gasteiger partial charge in [-0.3, -0.25) is 0 Å². The van der Waals surface area contributed by atoms with Crippen LogP contribution in [0.5, 0.6) is 11.5 Å². The smallest absolute Gasteiger partial charge is 0.338 e. The SMILES string of the molecule is COC(=O)c1ccc(OCCOCCOc2ccc(-c3cn4ccc(N(C)C)cc4n3)cc2)cc1C(=O)OC. The Labute approximate surface area is 226 Å². The minimum atomic E-state index is -0.653. The second kappa shape index (κ2) is 12.8. The van der Waals surface area contributed by atoms with Crippen LogP contribution in [0, 0.1) is 0 Å². The molecule has 0 bridgehead atoms. The van der Waals surface area contributed by atoms with Crippen molar-refractivity contribution < 1.29 is 33.3 Å². The Hall–Kier alpha value is -4.57. The van der Waals surface area contributed by atoms with Crippen LogP contribution in [0.1, 0.15) is 20.7 Å². The van der Waals surface area contributed by atoms with E-state index in [0.717, 1.165) is 28.3 Å². The summed E-state index contributed by atoms with van der Waals surface area (Å²) in [7, 11) is 6.49. The summed E-state index contributed by atoms with van der Waals surface area (Å²) >= 11 is 0. The summed E-state index contributed by atoms with van der Waals surface area (Å²) in [5.41, 5.74) is 4.05. The first-order valence-corrected chi connectivity index (χ1v) is 12.3. The Morgan fingerprint density at radius 3 is 2.10 bits per heavy atom. The number of ether oxygens (including phenoxy) is 5. The van der Waals surface area contributed by atoms with Crippen LogP contribution in [0.3, 0.4) is 0 Å². The number of rotatable bonds is 12. The molecule has 2 aromatic heterocycles. The third kappa shape index (κ3) is 6.85. The summed E-state index contributed by atoms with van der Waals surface area (Å²) in [6, 6.07) is 16.4. The van der Waals surface area contributed by atoms with Crippen molar-refractivity contribution >= 4 is 23.3 Å². The average molecular weight is 534 g/mol. The molecule has 0 amide bonds. The van der Waals surface area contributed by atoms with Crippen molar-refractivity contribution in [1.82, 2.24) is 9.38 Å². The zero-order valence-electron chi connectivity index (χ0n) is 22.4. The highest BCUT2D eigenvalue weighted by Crippen LogP contribution is 2.24. The van der Waals surface area contributed by atoms with E-state index in [4.69, 9.17) is 28.7 Å². The maximum absolute atomic E-state index is 12.0. The van der Waals surface area contributed by atoms with Gasteiger partial charge in [0.1, 0.15) is 30.4 Å². The molecular weight excluding hydrogens is 502 g/mol. The molecule has 0 atom stereocenters. The number of nitrogens with zero attached hydrogens (tertiary/aromatic N) is 3. The lowest BCUT2D eigenvalue weighted by Gasteiger charge is -2.11. The molecule has 10 heteroatoms. The van der Waals surface area contributed by atoms with Crippen LogP contribution in [0.15, 0.2) is 67.0 Å². The molecule has 4 rings (SSSR count). The summed E-state index contributed by atoms with van der Waals surface area (Å²) < 4.78 is 28.4. The molecule has 0 saturated carbocycles. The van der Waals surface area contributed by atoms with Gasteiger partial charge in [0.15, 0.2) is 0 Å². The number of imidazole rings is 1. The van der Waals surface area contributed by atoms with E-state index in [1.807, 2.05) is 72.2 Å². The molecule has 0 unspecified atom stereocenters. The monoisotopic (exact) mass is 533 g/mol. The van der Waals surface area contributed by atoms with Gasteiger partial charge in [0.25, 0.3) is 0 Å². The third-order valence-electron chi connectivity index (χ3n) is 5.90. The number of fused-ring (bicyclic) bond motifs is 1. The fourth-order valence-electron chi connectivity index (χ4n) is 3.83. The van der Waals surface area contributed by atoms with Crippen molar-refractivity contribution in [3.8, 4) is 22.8 Å². The van der Waals surface area contributed by atoms with Crippen LogP contribution < -0.4 is 14.4 Å². The van der Waals surface area contributed by atoms with E-state index < -0.39 is 11.9 Å². The Balaban J connectivity index is 1.20. The molecule has 2 heterocycles. The lowest BCUT2D eigenvalue weighted by molar-refractivity contribution is 0.0554. The zero-order valence-corrected chi connectivity index (χ0v) is 22.4. The van der Waals surface area contributed by atoms with Crippen LogP contribution in [-0.2, 0) is 14.2 Å². The number of hydrogen-bond donors (Lipinski definition) is 0. The Morgan fingerprint density at radius 2 is 1.44 bits per heavy atom. The highest BCUT2D eigenvalue weighted by molar-refractivity contribution is 6.03. The summed E-state index contributed by atoms with van der Waals surface area (Å²) in [6.07, 6.45) is 4.01. The van der Waals surface area contributed by atoms with E-state index in [1.165, 1.54) is 26.4 Å². The van der Waals surface area contributed by atoms with Crippen molar-refractivity contribution in [2.75, 3.05) is 59.6 Å². The molecule has 204 valence electrons. The lowest BCUT2D eigenvalue weighted by Crippen LogP contribution is -2.14. The van der Waals surface area contributed by atoms with Gasteiger partial charge in [0.05, 0.1) is 44.3 Å². The molecule has 0 radical (unpaired) electrons. The van der Waals surface area contributed by atoms with Gasteiger partial charge in [-0.15, -0.1) is 0 Å². The van der Waals surface area contributed by atoms with Crippen molar-refractivity contribution in [3.05, 3.63) is 78.1 Å². The van der Waals surface area contributed by atoms with E-state index in [1.54, 1.807) is 6.07 Å². The maximum atomic E-state index is 12.0. The molecule has 10 nitrogen and oxygen atoms in total. The lowest BCUT2D eigenvalue weighted by atomic mass is 10.1. The molecule has 0 aliphatic heterocycles.